The molecule has 1 amide bonds. The molecule has 1 aromatic heterocycles. The zero-order valence-electron chi connectivity index (χ0n) is 15.3. The van der Waals surface area contributed by atoms with Crippen molar-refractivity contribution >= 4 is 5.91 Å². The number of methoxy groups -OCH3 is 1. The van der Waals surface area contributed by atoms with Gasteiger partial charge in [-0.2, -0.15) is 0 Å². The van der Waals surface area contributed by atoms with Crippen LogP contribution in [-0.4, -0.2) is 58.6 Å². The number of rotatable bonds is 6. The van der Waals surface area contributed by atoms with Crippen LogP contribution in [0, 0.1) is 12.8 Å². The third-order valence-electron chi connectivity index (χ3n) is 5.34. The maximum atomic E-state index is 12.6. The van der Waals surface area contributed by atoms with E-state index < -0.39 is 0 Å². The Morgan fingerprint density at radius 1 is 1.35 bits per heavy atom. The summed E-state index contributed by atoms with van der Waals surface area (Å²) in [6.07, 6.45) is 3.84. The molecular formula is C19H25N5O2. The number of carbonyl (C=O) groups is 1. The van der Waals surface area contributed by atoms with E-state index in [1.54, 1.807) is 11.8 Å². The van der Waals surface area contributed by atoms with Gasteiger partial charge >= 0.3 is 0 Å². The molecule has 7 heteroatoms. The molecule has 1 unspecified atom stereocenters. The Morgan fingerprint density at radius 2 is 2.19 bits per heavy atom. The normalized spacial score (nSPS) is 20.3. The first-order valence-corrected chi connectivity index (χ1v) is 9.24. The maximum absolute atomic E-state index is 12.6. The summed E-state index contributed by atoms with van der Waals surface area (Å²) >= 11 is 0. The molecule has 2 aromatic rings. The van der Waals surface area contributed by atoms with Crippen LogP contribution in [0.2, 0.25) is 0 Å². The molecule has 0 radical (unpaired) electrons. The van der Waals surface area contributed by atoms with E-state index in [2.05, 4.69) is 20.5 Å². The molecule has 2 fully saturated rings. The molecule has 2 heterocycles. The van der Waals surface area contributed by atoms with E-state index in [1.165, 1.54) is 12.8 Å². The lowest BCUT2D eigenvalue weighted by Gasteiger charge is -2.15. The van der Waals surface area contributed by atoms with Gasteiger partial charge in [-0.05, 0) is 50.8 Å². The number of nitrogens with one attached hydrogen (secondary N) is 1. The zero-order valence-corrected chi connectivity index (χ0v) is 15.3. The molecule has 1 aromatic carbocycles. The van der Waals surface area contributed by atoms with Gasteiger partial charge in [-0.15, -0.1) is 5.10 Å². The van der Waals surface area contributed by atoms with Gasteiger partial charge in [0.2, 0.25) is 0 Å². The zero-order chi connectivity index (χ0) is 18.1. The van der Waals surface area contributed by atoms with Crippen LogP contribution in [-0.2, 0) is 0 Å². The number of nitrogens with zero attached hydrogens (tertiary/aromatic N) is 4. The van der Waals surface area contributed by atoms with E-state index in [0.29, 0.717) is 18.2 Å². The number of carbonyl (C=O) groups excluding carboxylic acids is 1. The Hall–Kier alpha value is -2.41. The van der Waals surface area contributed by atoms with Gasteiger partial charge in [-0.1, -0.05) is 11.3 Å². The molecule has 1 atom stereocenters. The molecular weight excluding hydrogens is 330 g/mol. The fourth-order valence-corrected chi connectivity index (χ4v) is 3.65. The quantitative estimate of drug-likeness (QED) is 0.855. The van der Waals surface area contributed by atoms with Crippen LogP contribution in [0.1, 0.15) is 35.4 Å². The summed E-state index contributed by atoms with van der Waals surface area (Å²) in [5.74, 6) is 1.12. The number of hydrogen-bond donors (Lipinski definition) is 1. The van der Waals surface area contributed by atoms with Gasteiger partial charge < -0.3 is 15.0 Å². The van der Waals surface area contributed by atoms with Crippen molar-refractivity contribution < 1.29 is 9.53 Å². The summed E-state index contributed by atoms with van der Waals surface area (Å²) in [6.45, 7) is 4.82. The summed E-state index contributed by atoms with van der Waals surface area (Å²) in [6, 6.07) is 8.35. The van der Waals surface area contributed by atoms with Gasteiger partial charge in [-0.25, -0.2) is 4.68 Å². The van der Waals surface area contributed by atoms with E-state index in [4.69, 9.17) is 4.74 Å². The van der Waals surface area contributed by atoms with Gasteiger partial charge in [0.05, 0.1) is 18.5 Å². The lowest BCUT2D eigenvalue weighted by atomic mass is 10.1. The Kier molecular flexibility index (Phi) is 4.63. The summed E-state index contributed by atoms with van der Waals surface area (Å²) in [5, 5.41) is 11.3. The number of hydrogen-bond acceptors (Lipinski definition) is 5. The second-order valence-electron chi connectivity index (χ2n) is 7.23. The van der Waals surface area contributed by atoms with E-state index >= 15 is 0 Å². The topological polar surface area (TPSA) is 72.3 Å². The Bertz CT molecular complexity index is 799. The van der Waals surface area contributed by atoms with E-state index in [1.807, 2.05) is 31.2 Å². The Balaban J connectivity index is 1.39. The van der Waals surface area contributed by atoms with Crippen molar-refractivity contribution in [1.82, 2.24) is 25.2 Å². The van der Waals surface area contributed by atoms with Crippen LogP contribution < -0.4 is 10.1 Å². The minimum Gasteiger partial charge on any atom is -0.497 e. The average molecular weight is 355 g/mol. The third-order valence-corrected chi connectivity index (χ3v) is 5.34. The molecule has 1 saturated heterocycles. The van der Waals surface area contributed by atoms with E-state index in [9.17, 15) is 4.79 Å². The van der Waals surface area contributed by atoms with Gasteiger partial charge in [0.15, 0.2) is 5.69 Å². The minimum absolute atomic E-state index is 0.151. The molecule has 138 valence electrons. The number of amides is 1. The predicted octanol–water partition coefficient (Wildman–Crippen LogP) is 1.80. The molecule has 1 aliphatic heterocycles. The molecule has 7 nitrogen and oxygen atoms in total. The second kappa shape index (κ2) is 7.07. The summed E-state index contributed by atoms with van der Waals surface area (Å²) in [5.41, 5.74) is 1.93. The standard InChI is InChI=1S/C19H25N5O2/c1-13-18(21-22-24(13)16-4-3-5-17(10-16)26-2)19(25)20-11-14-8-9-23(12-14)15-6-7-15/h3-5,10,14-15H,6-9,11-12H2,1-2H3,(H,20,25). The number of benzene rings is 1. The molecule has 0 bridgehead atoms. The molecule has 1 N–H and O–H groups in total. The van der Waals surface area contributed by atoms with Crippen LogP contribution >= 0.6 is 0 Å². The molecule has 1 saturated carbocycles. The molecule has 0 spiro atoms. The second-order valence-corrected chi connectivity index (χ2v) is 7.23. The predicted molar refractivity (Wildman–Crippen MR) is 97.7 cm³/mol. The smallest absolute Gasteiger partial charge is 0.273 e. The van der Waals surface area contributed by atoms with Crippen LogP contribution in [0.3, 0.4) is 0 Å². The van der Waals surface area contributed by atoms with Gasteiger partial charge in [0.1, 0.15) is 5.75 Å². The highest BCUT2D eigenvalue weighted by atomic mass is 16.5. The number of likely N-dealkylation sites (tertiary alicyclic amines) is 1. The van der Waals surface area contributed by atoms with Crippen molar-refractivity contribution in [1.29, 1.82) is 0 Å². The first-order chi connectivity index (χ1) is 12.7. The Labute approximate surface area is 153 Å². The molecule has 1 aliphatic carbocycles. The number of ether oxygens (including phenoxy) is 1. The monoisotopic (exact) mass is 355 g/mol. The van der Waals surface area contributed by atoms with Crippen molar-refractivity contribution in [2.75, 3.05) is 26.7 Å². The third kappa shape index (κ3) is 3.44. The highest BCUT2D eigenvalue weighted by molar-refractivity contribution is 5.93. The fraction of sp³-hybridized carbons (Fsp3) is 0.526. The minimum atomic E-state index is -0.151. The fourth-order valence-electron chi connectivity index (χ4n) is 3.65. The van der Waals surface area contributed by atoms with Gasteiger partial charge in [-0.3, -0.25) is 4.79 Å². The highest BCUT2D eigenvalue weighted by Crippen LogP contribution is 2.31. The first-order valence-electron chi connectivity index (χ1n) is 9.24. The Morgan fingerprint density at radius 3 is 2.96 bits per heavy atom. The van der Waals surface area contributed by atoms with Gasteiger partial charge in [0.25, 0.3) is 5.91 Å². The van der Waals surface area contributed by atoms with Crippen LogP contribution in [0.15, 0.2) is 24.3 Å². The SMILES string of the molecule is COc1cccc(-n2nnc(C(=O)NCC3CCN(C4CC4)C3)c2C)c1. The van der Waals surface area contributed by atoms with Crippen LogP contribution in [0.25, 0.3) is 5.69 Å². The van der Waals surface area contributed by atoms with Crippen molar-refractivity contribution in [2.24, 2.45) is 5.92 Å². The molecule has 4 rings (SSSR count). The van der Waals surface area contributed by atoms with Crippen molar-refractivity contribution in [3.63, 3.8) is 0 Å². The first kappa shape index (κ1) is 17.0. The summed E-state index contributed by atoms with van der Waals surface area (Å²) in [7, 11) is 1.62. The van der Waals surface area contributed by atoms with E-state index in [-0.39, 0.29) is 5.91 Å². The van der Waals surface area contributed by atoms with Gasteiger partial charge in [0, 0.05) is 25.2 Å². The van der Waals surface area contributed by atoms with Crippen molar-refractivity contribution in [2.45, 2.75) is 32.2 Å². The summed E-state index contributed by atoms with van der Waals surface area (Å²) in [4.78, 5) is 15.1. The van der Waals surface area contributed by atoms with Crippen molar-refractivity contribution in [3.05, 3.63) is 35.7 Å². The van der Waals surface area contributed by atoms with Crippen molar-refractivity contribution in [3.8, 4) is 11.4 Å². The highest BCUT2D eigenvalue weighted by Gasteiger charge is 2.34. The lowest BCUT2D eigenvalue weighted by Crippen LogP contribution is -2.32. The average Bonchev–Trinajstić information content (AvgIpc) is 3.28. The van der Waals surface area contributed by atoms with Crippen LogP contribution in [0.4, 0.5) is 0 Å². The van der Waals surface area contributed by atoms with Crippen LogP contribution in [0.5, 0.6) is 5.75 Å². The largest absolute Gasteiger partial charge is 0.497 e. The lowest BCUT2D eigenvalue weighted by molar-refractivity contribution is 0.0941. The summed E-state index contributed by atoms with van der Waals surface area (Å²) < 4.78 is 6.92. The number of aromatic nitrogens is 3. The maximum Gasteiger partial charge on any atom is 0.273 e. The molecule has 2 aliphatic rings. The molecule has 26 heavy (non-hydrogen) atoms. The van der Waals surface area contributed by atoms with E-state index in [0.717, 1.165) is 42.7 Å².